The Hall–Kier alpha value is -1.41. The molecule has 0 aliphatic heterocycles. The number of halogens is 1. The highest BCUT2D eigenvalue weighted by Gasteiger charge is 2.21. The average Bonchev–Trinajstić information content (AvgIpc) is 2.62. The quantitative estimate of drug-likeness (QED) is 0.272. The zero-order valence-corrected chi connectivity index (χ0v) is 16.4. The molecule has 0 aliphatic rings. The first-order valence-corrected chi connectivity index (χ1v) is 8.85. The van der Waals surface area contributed by atoms with E-state index in [4.69, 9.17) is 4.89 Å². The molecule has 25 heavy (non-hydrogen) atoms. The number of hydrogen-bond acceptors (Lipinski definition) is 6. The minimum absolute atomic E-state index is 0.105. The SMILES string of the molecule is C=NC(/C=C\C)=C(/C=C\C)/C=C\C.CN.COCCOP(=O)(O)OF. The molecule has 0 bridgehead atoms. The van der Waals surface area contributed by atoms with E-state index in [-0.39, 0.29) is 13.2 Å². The normalized spacial score (nSPS) is 13.0. The predicted molar refractivity (Wildman–Crippen MR) is 101 cm³/mol. The van der Waals surface area contributed by atoms with Crippen molar-refractivity contribution >= 4 is 14.5 Å². The van der Waals surface area contributed by atoms with Gasteiger partial charge in [-0.3, -0.25) is 9.52 Å². The van der Waals surface area contributed by atoms with E-state index in [0.29, 0.717) is 0 Å². The summed E-state index contributed by atoms with van der Waals surface area (Å²) in [4.78, 5) is 12.2. The monoisotopic (exact) mass is 380 g/mol. The maximum absolute atomic E-state index is 11.0. The Kier molecular flexibility index (Phi) is 23.4. The van der Waals surface area contributed by atoms with Crippen molar-refractivity contribution < 1.29 is 28.0 Å². The van der Waals surface area contributed by atoms with E-state index < -0.39 is 7.82 Å². The molecule has 0 aromatic heterocycles. The second kappa shape index (κ2) is 20.6. The fourth-order valence-electron chi connectivity index (χ4n) is 1.24. The van der Waals surface area contributed by atoms with Crippen LogP contribution in [-0.2, 0) is 18.6 Å². The van der Waals surface area contributed by atoms with Crippen LogP contribution in [0.15, 0.2) is 52.7 Å². The van der Waals surface area contributed by atoms with Gasteiger partial charge in [0.1, 0.15) is 0 Å². The van der Waals surface area contributed by atoms with E-state index >= 15 is 0 Å². The van der Waals surface area contributed by atoms with Gasteiger partial charge >= 0.3 is 7.82 Å². The van der Waals surface area contributed by atoms with Crippen LogP contribution < -0.4 is 5.73 Å². The number of methoxy groups -OCH3 is 1. The minimum atomic E-state index is -4.45. The lowest BCUT2D eigenvalue weighted by Crippen LogP contribution is -1.99. The molecule has 0 aromatic carbocycles. The number of ether oxygens (including phenoxy) is 1. The molecule has 0 radical (unpaired) electrons. The maximum Gasteiger partial charge on any atom is 0.503 e. The molecule has 7 nitrogen and oxygen atoms in total. The minimum Gasteiger partial charge on any atom is -0.382 e. The second-order valence-electron chi connectivity index (χ2n) is 3.86. The molecule has 0 saturated carbocycles. The molecular formula is C16H30FN2O5P. The molecule has 0 rings (SSSR count). The molecule has 1 unspecified atom stereocenters. The fourth-order valence-corrected chi connectivity index (χ4v) is 1.58. The largest absolute Gasteiger partial charge is 0.503 e. The van der Waals surface area contributed by atoms with Crippen molar-refractivity contribution in [2.24, 2.45) is 10.7 Å². The van der Waals surface area contributed by atoms with E-state index in [1.807, 2.05) is 57.2 Å². The van der Waals surface area contributed by atoms with Crippen molar-refractivity contribution in [1.82, 2.24) is 0 Å². The van der Waals surface area contributed by atoms with Crippen LogP contribution in [0.5, 0.6) is 0 Å². The van der Waals surface area contributed by atoms with E-state index in [1.165, 1.54) is 14.2 Å². The lowest BCUT2D eigenvalue weighted by molar-refractivity contribution is -0.0505. The van der Waals surface area contributed by atoms with Gasteiger partial charge in [-0.05, 0) is 50.7 Å². The topological polar surface area (TPSA) is 103 Å². The van der Waals surface area contributed by atoms with Crippen LogP contribution >= 0.6 is 7.82 Å². The highest BCUT2D eigenvalue weighted by Crippen LogP contribution is 2.43. The first kappa shape index (κ1) is 28.4. The Bertz CT molecular complexity index is 477. The van der Waals surface area contributed by atoms with Gasteiger partial charge in [0.15, 0.2) is 0 Å². The molecule has 9 heteroatoms. The Labute approximate surface area is 149 Å². The van der Waals surface area contributed by atoms with E-state index in [2.05, 4.69) is 31.4 Å². The van der Waals surface area contributed by atoms with E-state index in [0.717, 1.165) is 11.3 Å². The average molecular weight is 380 g/mol. The molecular weight excluding hydrogens is 350 g/mol. The van der Waals surface area contributed by atoms with Crippen molar-refractivity contribution in [1.29, 1.82) is 0 Å². The molecule has 1 atom stereocenters. The Balaban J connectivity index is -0.000000362. The van der Waals surface area contributed by atoms with Gasteiger partial charge in [-0.25, -0.2) is 4.57 Å². The zero-order valence-electron chi connectivity index (χ0n) is 15.5. The summed E-state index contributed by atoms with van der Waals surface area (Å²) >= 11 is 0. The highest BCUT2D eigenvalue weighted by molar-refractivity contribution is 7.47. The smallest absolute Gasteiger partial charge is 0.382 e. The van der Waals surface area contributed by atoms with Crippen LogP contribution in [-0.4, -0.2) is 39.0 Å². The summed E-state index contributed by atoms with van der Waals surface area (Å²) in [5, 5.41) is 0. The molecule has 0 spiro atoms. The number of nitrogens with two attached hydrogens (primary N) is 1. The molecule has 0 fully saturated rings. The van der Waals surface area contributed by atoms with Gasteiger partial charge in [-0.1, -0.05) is 35.1 Å². The summed E-state index contributed by atoms with van der Waals surface area (Å²) in [5.41, 5.74) is 6.48. The summed E-state index contributed by atoms with van der Waals surface area (Å²) in [6.45, 7) is 9.40. The molecule has 3 N–H and O–H groups in total. The van der Waals surface area contributed by atoms with Crippen LogP contribution in [0, 0.1) is 0 Å². The predicted octanol–water partition coefficient (Wildman–Crippen LogP) is 3.90. The first-order chi connectivity index (χ1) is 11.9. The molecule has 0 amide bonds. The van der Waals surface area contributed by atoms with E-state index in [9.17, 15) is 9.09 Å². The lowest BCUT2D eigenvalue weighted by Gasteiger charge is -2.04. The first-order valence-electron chi connectivity index (χ1n) is 7.35. The van der Waals surface area contributed by atoms with Gasteiger partial charge in [-0.15, -0.1) is 0 Å². The van der Waals surface area contributed by atoms with E-state index in [1.54, 1.807) is 0 Å². The lowest BCUT2D eigenvalue weighted by atomic mass is 10.1. The summed E-state index contributed by atoms with van der Waals surface area (Å²) in [6.07, 6.45) is 11.9. The number of phosphoric acid groups is 1. The maximum atomic E-state index is 11.0. The highest BCUT2D eigenvalue weighted by atomic mass is 31.2. The summed E-state index contributed by atoms with van der Waals surface area (Å²) in [6, 6.07) is 0. The van der Waals surface area contributed by atoms with Crippen molar-refractivity contribution in [3.63, 3.8) is 0 Å². The third-order valence-electron chi connectivity index (χ3n) is 2.11. The Morgan fingerprint density at radius 1 is 1.16 bits per heavy atom. The molecule has 0 aliphatic carbocycles. The summed E-state index contributed by atoms with van der Waals surface area (Å²) in [7, 11) is -1.57. The van der Waals surface area contributed by atoms with Gasteiger partial charge < -0.3 is 15.4 Å². The van der Waals surface area contributed by atoms with Crippen molar-refractivity contribution in [2.45, 2.75) is 20.8 Å². The molecule has 146 valence electrons. The standard InChI is InChI=1S/C12H17N.C3H8FO5P.CH5N/c1-5-8-11(9-6-2)12(13-4)10-7-3;1-7-2-3-8-10(5,6)9-4;1-2/h5-10H,4H2,1-3H3;2-3H2,1H3,(H,5,6);2H2,1H3/b8-5-,9-6-,10-7-;;. The molecule has 0 saturated heterocycles. The van der Waals surface area contributed by atoms with Crippen LogP contribution in [0.4, 0.5) is 4.53 Å². The van der Waals surface area contributed by atoms with Crippen LogP contribution in [0.3, 0.4) is 0 Å². The fraction of sp³-hybridized carbons (Fsp3) is 0.438. The van der Waals surface area contributed by atoms with Crippen LogP contribution in [0.25, 0.3) is 0 Å². The Morgan fingerprint density at radius 3 is 1.96 bits per heavy atom. The number of rotatable bonds is 9. The number of aliphatic imine (C=N–C) groups is 1. The summed E-state index contributed by atoms with van der Waals surface area (Å²) in [5.74, 6) is 0. The van der Waals surface area contributed by atoms with Gasteiger partial charge in [0.2, 0.25) is 0 Å². The number of nitrogens with zero attached hydrogens (tertiary/aromatic N) is 1. The van der Waals surface area contributed by atoms with Gasteiger partial charge in [0.25, 0.3) is 0 Å². The van der Waals surface area contributed by atoms with Crippen molar-refractivity contribution in [2.75, 3.05) is 27.4 Å². The number of hydrogen-bond donors (Lipinski definition) is 2. The van der Waals surface area contributed by atoms with Gasteiger partial charge in [0, 0.05) is 7.11 Å². The number of allylic oxidation sites excluding steroid dienone is 7. The zero-order chi connectivity index (χ0) is 20.1. The summed E-state index contributed by atoms with van der Waals surface area (Å²) < 4.78 is 32.2. The van der Waals surface area contributed by atoms with Crippen molar-refractivity contribution in [3.05, 3.63) is 47.7 Å². The molecule has 0 aromatic rings. The third kappa shape index (κ3) is 18.8. The molecule has 0 heterocycles. The van der Waals surface area contributed by atoms with Crippen molar-refractivity contribution in [3.8, 4) is 0 Å². The second-order valence-corrected chi connectivity index (χ2v) is 5.20. The third-order valence-corrected chi connectivity index (χ3v) is 2.80. The van der Waals surface area contributed by atoms with Crippen LogP contribution in [0.2, 0.25) is 0 Å². The van der Waals surface area contributed by atoms with Crippen LogP contribution in [0.1, 0.15) is 20.8 Å². The van der Waals surface area contributed by atoms with Gasteiger partial charge in [-0.2, -0.15) is 0 Å². The van der Waals surface area contributed by atoms with Gasteiger partial charge in [0.05, 0.1) is 18.9 Å². The Morgan fingerprint density at radius 2 is 1.64 bits per heavy atom. The number of phosphoric ester groups is 1.